The molecule has 0 spiro atoms. The molecule has 0 aliphatic heterocycles. The van der Waals surface area contributed by atoms with E-state index >= 15 is 0 Å². The van der Waals surface area contributed by atoms with Crippen molar-refractivity contribution in [2.45, 2.75) is 38.6 Å². The van der Waals surface area contributed by atoms with Gasteiger partial charge in [0, 0.05) is 12.5 Å². The number of carbonyl (C=O) groups excluding carboxylic acids is 1. The van der Waals surface area contributed by atoms with Gasteiger partial charge in [0.2, 0.25) is 10.0 Å². The Labute approximate surface area is 107 Å². The highest BCUT2D eigenvalue weighted by atomic mass is 32.2. The third-order valence-corrected chi connectivity index (χ3v) is 3.80. The SMILES string of the molecule is CCC(CC(=O)O)NS(=O)(=O)CCCC(=O)OC. The minimum absolute atomic E-state index is 0.0210. The normalized spacial score (nSPS) is 13.0. The molecule has 0 rings (SSSR count). The molecule has 0 aliphatic carbocycles. The van der Waals surface area contributed by atoms with Crippen molar-refractivity contribution in [1.82, 2.24) is 4.72 Å². The van der Waals surface area contributed by atoms with Crippen molar-refractivity contribution in [3.63, 3.8) is 0 Å². The quantitative estimate of drug-likeness (QED) is 0.581. The number of hydrogen-bond acceptors (Lipinski definition) is 5. The molecule has 0 aromatic heterocycles. The molecule has 7 nitrogen and oxygen atoms in total. The van der Waals surface area contributed by atoms with Crippen LogP contribution in [0.15, 0.2) is 0 Å². The second kappa shape index (κ2) is 8.04. The molecule has 0 bridgehead atoms. The summed E-state index contributed by atoms with van der Waals surface area (Å²) >= 11 is 0. The molecule has 0 saturated heterocycles. The lowest BCUT2D eigenvalue weighted by atomic mass is 10.2. The van der Waals surface area contributed by atoms with Crippen LogP contribution in [0.3, 0.4) is 0 Å². The number of rotatable bonds is 9. The van der Waals surface area contributed by atoms with Crippen LogP contribution >= 0.6 is 0 Å². The summed E-state index contributed by atoms with van der Waals surface area (Å²) in [6.45, 7) is 1.70. The Morgan fingerprint density at radius 2 is 2.00 bits per heavy atom. The smallest absolute Gasteiger partial charge is 0.305 e. The van der Waals surface area contributed by atoms with Crippen molar-refractivity contribution in [2.24, 2.45) is 0 Å². The van der Waals surface area contributed by atoms with Crippen LogP contribution in [0.1, 0.15) is 32.6 Å². The summed E-state index contributed by atoms with van der Waals surface area (Å²) in [5.41, 5.74) is 0. The van der Waals surface area contributed by atoms with Gasteiger partial charge in [-0.3, -0.25) is 9.59 Å². The van der Waals surface area contributed by atoms with Crippen molar-refractivity contribution >= 4 is 22.0 Å². The van der Waals surface area contributed by atoms with Gasteiger partial charge < -0.3 is 9.84 Å². The highest BCUT2D eigenvalue weighted by Crippen LogP contribution is 2.03. The zero-order valence-corrected chi connectivity index (χ0v) is 11.3. The summed E-state index contributed by atoms with van der Waals surface area (Å²) in [7, 11) is -2.33. The molecule has 1 unspecified atom stereocenters. The Balaban J connectivity index is 4.20. The third-order valence-electron chi connectivity index (χ3n) is 2.28. The van der Waals surface area contributed by atoms with E-state index in [1.54, 1.807) is 6.92 Å². The lowest BCUT2D eigenvalue weighted by Gasteiger charge is -2.14. The van der Waals surface area contributed by atoms with E-state index in [1.165, 1.54) is 7.11 Å². The molecular formula is C10H19NO6S. The van der Waals surface area contributed by atoms with Crippen molar-refractivity contribution in [2.75, 3.05) is 12.9 Å². The van der Waals surface area contributed by atoms with Gasteiger partial charge in [-0.15, -0.1) is 0 Å². The number of hydrogen-bond donors (Lipinski definition) is 2. The molecule has 0 aliphatic rings. The van der Waals surface area contributed by atoms with Gasteiger partial charge in [-0.25, -0.2) is 13.1 Å². The summed E-state index contributed by atoms with van der Waals surface area (Å²) in [5, 5.41) is 8.60. The van der Waals surface area contributed by atoms with Gasteiger partial charge in [0.05, 0.1) is 19.3 Å². The molecule has 0 radical (unpaired) electrons. The average Bonchev–Trinajstić information content (AvgIpc) is 2.26. The van der Waals surface area contributed by atoms with Crippen LogP contribution in [0.25, 0.3) is 0 Å². The lowest BCUT2D eigenvalue weighted by Crippen LogP contribution is -2.37. The zero-order valence-electron chi connectivity index (χ0n) is 10.5. The summed E-state index contributed by atoms with van der Waals surface area (Å²) < 4.78 is 29.9. The van der Waals surface area contributed by atoms with E-state index in [4.69, 9.17) is 5.11 Å². The number of nitrogens with one attached hydrogen (secondary N) is 1. The number of sulfonamides is 1. The van der Waals surface area contributed by atoms with Gasteiger partial charge >= 0.3 is 11.9 Å². The number of aliphatic carboxylic acids is 1. The second-order valence-electron chi connectivity index (χ2n) is 3.82. The number of carbonyl (C=O) groups is 2. The van der Waals surface area contributed by atoms with E-state index in [2.05, 4.69) is 9.46 Å². The fourth-order valence-corrected chi connectivity index (χ4v) is 2.70. The Bertz CT molecular complexity index is 378. The van der Waals surface area contributed by atoms with Crippen LogP contribution in [-0.4, -0.2) is 44.4 Å². The predicted octanol–water partition coefficient (Wildman–Crippen LogP) is 0.112. The van der Waals surface area contributed by atoms with Crippen molar-refractivity contribution in [1.29, 1.82) is 0 Å². The molecule has 0 amide bonds. The molecule has 1 atom stereocenters. The molecule has 0 saturated carbocycles. The summed E-state index contributed by atoms with van der Waals surface area (Å²) in [4.78, 5) is 21.3. The number of carboxylic acid groups (broad SMARTS) is 1. The van der Waals surface area contributed by atoms with Gasteiger partial charge in [-0.1, -0.05) is 6.92 Å². The Morgan fingerprint density at radius 3 is 2.44 bits per heavy atom. The maximum atomic E-state index is 11.6. The van der Waals surface area contributed by atoms with Crippen LogP contribution in [0.5, 0.6) is 0 Å². The molecule has 0 aromatic carbocycles. The number of ether oxygens (including phenoxy) is 1. The minimum atomic E-state index is -3.56. The molecule has 0 fully saturated rings. The van der Waals surface area contributed by atoms with E-state index in [-0.39, 0.29) is 25.0 Å². The second-order valence-corrected chi connectivity index (χ2v) is 5.69. The van der Waals surface area contributed by atoms with Crippen LogP contribution in [0, 0.1) is 0 Å². The molecule has 18 heavy (non-hydrogen) atoms. The molecule has 8 heteroatoms. The lowest BCUT2D eigenvalue weighted by molar-refractivity contribution is -0.140. The van der Waals surface area contributed by atoms with E-state index in [0.29, 0.717) is 6.42 Å². The first-order valence-corrected chi connectivity index (χ1v) is 7.24. The van der Waals surface area contributed by atoms with Crippen molar-refractivity contribution in [3.05, 3.63) is 0 Å². The first kappa shape index (κ1) is 16.9. The van der Waals surface area contributed by atoms with Gasteiger partial charge in [0.15, 0.2) is 0 Å². The number of esters is 1. The zero-order chi connectivity index (χ0) is 14.2. The predicted molar refractivity (Wildman–Crippen MR) is 64.5 cm³/mol. The van der Waals surface area contributed by atoms with Crippen LogP contribution in [0.4, 0.5) is 0 Å². The Hall–Kier alpha value is -1.15. The largest absolute Gasteiger partial charge is 0.481 e. The molecule has 106 valence electrons. The summed E-state index contributed by atoms with van der Waals surface area (Å²) in [6, 6.07) is -0.620. The molecule has 2 N–H and O–H groups in total. The standard InChI is InChI=1S/C10H19NO6S/c1-3-8(7-9(12)13)11-18(15,16)6-4-5-10(14)17-2/h8,11H,3-7H2,1-2H3,(H,12,13). The highest BCUT2D eigenvalue weighted by molar-refractivity contribution is 7.89. The topological polar surface area (TPSA) is 110 Å². The summed E-state index contributed by atoms with van der Waals surface area (Å²) in [5.74, 6) is -1.75. The van der Waals surface area contributed by atoms with Gasteiger partial charge in [-0.05, 0) is 12.8 Å². The fourth-order valence-electron chi connectivity index (χ4n) is 1.30. The monoisotopic (exact) mass is 281 g/mol. The van der Waals surface area contributed by atoms with Crippen molar-refractivity contribution < 1.29 is 27.9 Å². The Morgan fingerprint density at radius 1 is 1.39 bits per heavy atom. The maximum Gasteiger partial charge on any atom is 0.305 e. The van der Waals surface area contributed by atoms with Gasteiger partial charge in [0.1, 0.15) is 0 Å². The minimum Gasteiger partial charge on any atom is -0.481 e. The molecular weight excluding hydrogens is 262 g/mol. The van der Waals surface area contributed by atoms with Crippen LogP contribution < -0.4 is 4.72 Å². The summed E-state index contributed by atoms with van der Waals surface area (Å²) in [6.07, 6.45) is 0.300. The average molecular weight is 281 g/mol. The van der Waals surface area contributed by atoms with Gasteiger partial charge in [-0.2, -0.15) is 0 Å². The number of carboxylic acids is 1. The van der Waals surface area contributed by atoms with E-state index in [1.807, 2.05) is 0 Å². The number of methoxy groups -OCH3 is 1. The van der Waals surface area contributed by atoms with E-state index < -0.39 is 28.0 Å². The van der Waals surface area contributed by atoms with Crippen molar-refractivity contribution in [3.8, 4) is 0 Å². The fraction of sp³-hybridized carbons (Fsp3) is 0.800. The van der Waals surface area contributed by atoms with E-state index in [0.717, 1.165) is 0 Å². The maximum absolute atomic E-state index is 11.6. The molecule has 0 aromatic rings. The Kier molecular flexibility index (Phi) is 7.53. The third kappa shape index (κ3) is 8.02. The van der Waals surface area contributed by atoms with Crippen LogP contribution in [0.2, 0.25) is 0 Å². The first-order chi connectivity index (χ1) is 8.30. The van der Waals surface area contributed by atoms with Gasteiger partial charge in [0.25, 0.3) is 0 Å². The van der Waals surface area contributed by atoms with Crippen LogP contribution in [-0.2, 0) is 24.3 Å². The van der Waals surface area contributed by atoms with E-state index in [9.17, 15) is 18.0 Å². The first-order valence-electron chi connectivity index (χ1n) is 5.59. The molecule has 0 heterocycles. The highest BCUT2D eigenvalue weighted by Gasteiger charge is 2.19.